The number of hydrogen-bond acceptors (Lipinski definition) is 3. The van der Waals surface area contributed by atoms with Crippen molar-refractivity contribution in [2.24, 2.45) is 0 Å². The molecule has 0 aliphatic rings. The van der Waals surface area contributed by atoms with Crippen LogP contribution in [0.2, 0.25) is 0 Å². The third-order valence-electron chi connectivity index (χ3n) is 1.95. The maximum Gasteiger partial charge on any atom is 0.422 e. The molecular weight excluding hydrogens is 252 g/mol. The van der Waals surface area contributed by atoms with E-state index in [0.717, 1.165) is 6.07 Å². The highest BCUT2D eigenvalue weighted by molar-refractivity contribution is 5.20. The van der Waals surface area contributed by atoms with Crippen molar-refractivity contribution in [3.05, 3.63) is 23.6 Å². The Morgan fingerprint density at radius 3 is 2.56 bits per heavy atom. The van der Waals surface area contributed by atoms with Crippen LogP contribution in [0.4, 0.5) is 17.6 Å². The van der Waals surface area contributed by atoms with Crippen molar-refractivity contribution in [2.75, 3.05) is 6.61 Å². The number of rotatable bonds is 5. The number of pyridine rings is 1. The van der Waals surface area contributed by atoms with Crippen LogP contribution in [0.3, 0.4) is 0 Å². The lowest BCUT2D eigenvalue weighted by Crippen LogP contribution is -2.22. The van der Waals surface area contributed by atoms with Crippen LogP contribution >= 0.6 is 0 Å². The number of halogens is 4. The van der Waals surface area contributed by atoms with E-state index in [9.17, 15) is 17.6 Å². The zero-order chi connectivity index (χ0) is 13.8. The molecule has 0 aliphatic heterocycles. The van der Waals surface area contributed by atoms with Crippen LogP contribution in [0.5, 0.6) is 5.88 Å². The standard InChI is InChI=1S/C11H14F4N2O/c1-7(2)16-4-8-3-9(12)10(17-5-8)18-6-11(13,14)15/h3,5,7,16H,4,6H2,1-2H3. The molecule has 0 fully saturated rings. The van der Waals surface area contributed by atoms with Crippen LogP contribution in [-0.4, -0.2) is 23.8 Å². The number of ether oxygens (including phenoxy) is 1. The van der Waals surface area contributed by atoms with Gasteiger partial charge in [0.15, 0.2) is 12.4 Å². The Morgan fingerprint density at radius 2 is 2.06 bits per heavy atom. The van der Waals surface area contributed by atoms with Gasteiger partial charge >= 0.3 is 6.18 Å². The number of alkyl halides is 3. The van der Waals surface area contributed by atoms with Crippen molar-refractivity contribution in [3.63, 3.8) is 0 Å². The van der Waals surface area contributed by atoms with E-state index in [0.29, 0.717) is 12.1 Å². The van der Waals surface area contributed by atoms with E-state index in [1.807, 2.05) is 13.8 Å². The number of hydrogen-bond donors (Lipinski definition) is 1. The molecule has 1 heterocycles. The van der Waals surface area contributed by atoms with Crippen molar-refractivity contribution in [1.29, 1.82) is 0 Å². The first-order chi connectivity index (χ1) is 8.28. The Bertz CT molecular complexity index is 393. The van der Waals surface area contributed by atoms with Gasteiger partial charge in [-0.1, -0.05) is 13.8 Å². The van der Waals surface area contributed by atoms with E-state index in [1.54, 1.807) is 0 Å². The SMILES string of the molecule is CC(C)NCc1cnc(OCC(F)(F)F)c(F)c1. The molecule has 0 bridgehead atoms. The molecule has 0 aromatic carbocycles. The Labute approximate surface area is 102 Å². The second-order valence-electron chi connectivity index (χ2n) is 4.07. The van der Waals surface area contributed by atoms with Gasteiger partial charge in [0.2, 0.25) is 0 Å². The topological polar surface area (TPSA) is 34.2 Å². The summed E-state index contributed by atoms with van der Waals surface area (Å²) in [6, 6.07) is 1.32. The lowest BCUT2D eigenvalue weighted by Gasteiger charge is -2.11. The van der Waals surface area contributed by atoms with Crippen LogP contribution in [0.15, 0.2) is 12.3 Å². The molecule has 102 valence electrons. The predicted molar refractivity (Wildman–Crippen MR) is 57.7 cm³/mol. The van der Waals surface area contributed by atoms with Crippen LogP contribution in [0.1, 0.15) is 19.4 Å². The van der Waals surface area contributed by atoms with Gasteiger partial charge in [0.25, 0.3) is 5.88 Å². The lowest BCUT2D eigenvalue weighted by molar-refractivity contribution is -0.154. The molecule has 1 N–H and O–H groups in total. The summed E-state index contributed by atoms with van der Waals surface area (Å²) in [7, 11) is 0. The molecule has 0 radical (unpaired) electrons. The summed E-state index contributed by atoms with van der Waals surface area (Å²) in [5.41, 5.74) is 0.542. The molecular formula is C11H14F4N2O. The molecule has 0 aliphatic carbocycles. The van der Waals surface area contributed by atoms with Crippen molar-refractivity contribution in [3.8, 4) is 5.88 Å². The minimum atomic E-state index is -4.51. The summed E-state index contributed by atoms with van der Waals surface area (Å²) in [6.45, 7) is 2.68. The first-order valence-electron chi connectivity index (χ1n) is 5.35. The molecule has 1 rings (SSSR count). The molecule has 0 atom stereocenters. The number of nitrogens with zero attached hydrogens (tertiary/aromatic N) is 1. The van der Waals surface area contributed by atoms with Gasteiger partial charge in [-0.25, -0.2) is 9.37 Å². The summed E-state index contributed by atoms with van der Waals surface area (Å²) in [6.07, 6.45) is -3.23. The highest BCUT2D eigenvalue weighted by Gasteiger charge is 2.29. The molecule has 1 aromatic rings. The predicted octanol–water partition coefficient (Wildman–Crippen LogP) is 2.66. The Morgan fingerprint density at radius 1 is 1.39 bits per heavy atom. The third-order valence-corrected chi connectivity index (χ3v) is 1.95. The molecule has 0 unspecified atom stereocenters. The molecule has 18 heavy (non-hydrogen) atoms. The van der Waals surface area contributed by atoms with Crippen molar-refractivity contribution in [1.82, 2.24) is 10.3 Å². The van der Waals surface area contributed by atoms with Crippen molar-refractivity contribution in [2.45, 2.75) is 32.6 Å². The van der Waals surface area contributed by atoms with E-state index in [4.69, 9.17) is 0 Å². The monoisotopic (exact) mass is 266 g/mol. The molecule has 7 heteroatoms. The second-order valence-corrected chi connectivity index (χ2v) is 4.07. The van der Waals surface area contributed by atoms with Gasteiger partial charge in [-0.2, -0.15) is 13.2 Å². The Hall–Kier alpha value is -1.37. The number of aromatic nitrogens is 1. The van der Waals surface area contributed by atoms with Crippen LogP contribution < -0.4 is 10.1 Å². The van der Waals surface area contributed by atoms with Crippen LogP contribution in [0.25, 0.3) is 0 Å². The highest BCUT2D eigenvalue weighted by atomic mass is 19.4. The molecule has 0 amide bonds. The van der Waals surface area contributed by atoms with E-state index < -0.39 is 24.5 Å². The molecule has 0 spiro atoms. The fourth-order valence-corrected chi connectivity index (χ4v) is 1.14. The van der Waals surface area contributed by atoms with Crippen molar-refractivity contribution < 1.29 is 22.3 Å². The van der Waals surface area contributed by atoms with Gasteiger partial charge in [-0.3, -0.25) is 0 Å². The quantitative estimate of drug-likeness (QED) is 0.832. The normalized spacial score (nSPS) is 11.9. The van der Waals surface area contributed by atoms with E-state index >= 15 is 0 Å². The smallest absolute Gasteiger partial charge is 0.422 e. The third kappa shape index (κ3) is 5.31. The zero-order valence-corrected chi connectivity index (χ0v) is 10.0. The van der Waals surface area contributed by atoms with Crippen molar-refractivity contribution >= 4 is 0 Å². The largest absolute Gasteiger partial charge is 0.466 e. The van der Waals surface area contributed by atoms with E-state index in [-0.39, 0.29) is 6.04 Å². The van der Waals surface area contributed by atoms with Gasteiger partial charge in [0.1, 0.15) is 0 Å². The molecule has 0 saturated carbocycles. The van der Waals surface area contributed by atoms with E-state index in [1.165, 1.54) is 6.20 Å². The fraction of sp³-hybridized carbons (Fsp3) is 0.545. The minimum Gasteiger partial charge on any atom is -0.466 e. The summed E-state index contributed by atoms with van der Waals surface area (Å²) < 4.78 is 53.2. The molecule has 3 nitrogen and oxygen atoms in total. The maximum absolute atomic E-state index is 13.4. The number of nitrogens with one attached hydrogen (secondary N) is 1. The van der Waals surface area contributed by atoms with Gasteiger partial charge in [-0.05, 0) is 11.6 Å². The summed E-state index contributed by atoms with van der Waals surface area (Å²) in [5.74, 6) is -1.54. The first kappa shape index (κ1) is 14.7. The molecule has 0 saturated heterocycles. The lowest BCUT2D eigenvalue weighted by atomic mass is 10.2. The summed E-state index contributed by atoms with van der Waals surface area (Å²) >= 11 is 0. The Kier molecular flexibility index (Phi) is 4.89. The zero-order valence-electron chi connectivity index (χ0n) is 10.0. The minimum absolute atomic E-state index is 0.217. The average Bonchev–Trinajstić information content (AvgIpc) is 2.23. The molecule has 1 aromatic heterocycles. The maximum atomic E-state index is 13.4. The summed E-state index contributed by atoms with van der Waals surface area (Å²) in [4.78, 5) is 3.52. The average molecular weight is 266 g/mol. The van der Waals surface area contributed by atoms with Gasteiger partial charge < -0.3 is 10.1 Å². The van der Waals surface area contributed by atoms with Crippen LogP contribution in [0, 0.1) is 5.82 Å². The fourth-order valence-electron chi connectivity index (χ4n) is 1.14. The van der Waals surface area contributed by atoms with Gasteiger partial charge in [-0.15, -0.1) is 0 Å². The van der Waals surface area contributed by atoms with Gasteiger partial charge in [0.05, 0.1) is 0 Å². The Balaban J connectivity index is 2.62. The highest BCUT2D eigenvalue weighted by Crippen LogP contribution is 2.19. The summed E-state index contributed by atoms with van der Waals surface area (Å²) in [5, 5.41) is 3.04. The van der Waals surface area contributed by atoms with Crippen LogP contribution in [-0.2, 0) is 6.54 Å². The first-order valence-corrected chi connectivity index (χ1v) is 5.35. The second kappa shape index (κ2) is 5.99. The van der Waals surface area contributed by atoms with E-state index in [2.05, 4.69) is 15.0 Å². The van der Waals surface area contributed by atoms with Gasteiger partial charge in [0, 0.05) is 18.8 Å².